The number of rotatable bonds is 3. The van der Waals surface area contributed by atoms with Crippen LogP contribution in [-0.4, -0.2) is 11.8 Å². The summed E-state index contributed by atoms with van der Waals surface area (Å²) in [7, 11) is 0. The van der Waals surface area contributed by atoms with Crippen molar-refractivity contribution in [3.63, 3.8) is 0 Å². The SMILES string of the molecule is O=C1O/C(=C\c2cccc(C(F)(F)F)c2Cl)C(=O)C1c1ccc(-c2ccccc2)c(F)c1. The molecule has 4 rings (SSSR count). The molecule has 0 N–H and O–H groups in total. The van der Waals surface area contributed by atoms with Crippen LogP contribution in [0.1, 0.15) is 22.6 Å². The van der Waals surface area contributed by atoms with E-state index in [1.54, 1.807) is 30.3 Å². The van der Waals surface area contributed by atoms with E-state index in [2.05, 4.69) is 0 Å². The molecule has 0 aliphatic carbocycles. The van der Waals surface area contributed by atoms with Gasteiger partial charge in [0, 0.05) is 5.56 Å². The van der Waals surface area contributed by atoms with Crippen LogP contribution < -0.4 is 0 Å². The number of esters is 1. The minimum Gasteiger partial charge on any atom is -0.422 e. The smallest absolute Gasteiger partial charge is 0.417 e. The van der Waals surface area contributed by atoms with Gasteiger partial charge in [-0.05, 0) is 34.9 Å². The molecule has 32 heavy (non-hydrogen) atoms. The van der Waals surface area contributed by atoms with E-state index in [1.807, 2.05) is 0 Å². The first-order valence-corrected chi connectivity index (χ1v) is 9.73. The molecule has 1 aliphatic heterocycles. The first-order valence-electron chi connectivity index (χ1n) is 9.35. The Kier molecular flexibility index (Phi) is 5.60. The Balaban J connectivity index is 1.67. The summed E-state index contributed by atoms with van der Waals surface area (Å²) in [5.74, 6) is -4.27. The van der Waals surface area contributed by atoms with Gasteiger partial charge < -0.3 is 4.74 Å². The summed E-state index contributed by atoms with van der Waals surface area (Å²) in [5.41, 5.74) is -0.226. The van der Waals surface area contributed by atoms with Crippen molar-refractivity contribution in [2.75, 3.05) is 0 Å². The summed E-state index contributed by atoms with van der Waals surface area (Å²) in [5, 5.41) is -0.627. The van der Waals surface area contributed by atoms with Gasteiger partial charge in [0.1, 0.15) is 11.7 Å². The summed E-state index contributed by atoms with van der Waals surface area (Å²) >= 11 is 5.84. The monoisotopic (exact) mass is 460 g/mol. The summed E-state index contributed by atoms with van der Waals surface area (Å²) in [6.45, 7) is 0. The molecule has 3 aromatic carbocycles. The average molecular weight is 461 g/mol. The minimum atomic E-state index is -4.69. The van der Waals surface area contributed by atoms with Gasteiger partial charge in [0.25, 0.3) is 0 Å². The number of carbonyl (C=O) groups is 2. The third-order valence-corrected chi connectivity index (χ3v) is 5.40. The zero-order chi connectivity index (χ0) is 23.0. The van der Waals surface area contributed by atoms with Gasteiger partial charge in [0.05, 0.1) is 10.6 Å². The molecule has 0 radical (unpaired) electrons. The number of hydrogen-bond acceptors (Lipinski definition) is 3. The Labute approximate surface area is 184 Å². The lowest BCUT2D eigenvalue weighted by atomic mass is 9.93. The van der Waals surface area contributed by atoms with E-state index in [-0.39, 0.29) is 11.1 Å². The number of carbonyl (C=O) groups excluding carboxylic acids is 2. The fraction of sp³-hybridized carbons (Fsp3) is 0.0833. The van der Waals surface area contributed by atoms with Crippen molar-refractivity contribution in [2.24, 2.45) is 0 Å². The standard InChI is InChI=1S/C24H13ClF4O3/c25-21-15(7-4-8-17(21)24(27,28)29)12-19-22(30)20(23(31)32-19)14-9-10-16(18(26)11-14)13-5-2-1-3-6-13/h1-12,20H/b19-12-. The van der Waals surface area contributed by atoms with Crippen molar-refractivity contribution in [3.05, 3.63) is 100 Å². The van der Waals surface area contributed by atoms with Crippen molar-refractivity contribution in [1.29, 1.82) is 0 Å². The lowest BCUT2D eigenvalue weighted by molar-refractivity contribution is -0.138. The van der Waals surface area contributed by atoms with Gasteiger partial charge in [-0.25, -0.2) is 4.39 Å². The zero-order valence-corrected chi connectivity index (χ0v) is 16.9. The number of benzene rings is 3. The fourth-order valence-corrected chi connectivity index (χ4v) is 3.73. The van der Waals surface area contributed by atoms with Gasteiger partial charge in [-0.2, -0.15) is 13.2 Å². The van der Waals surface area contributed by atoms with E-state index in [9.17, 15) is 27.2 Å². The molecule has 162 valence electrons. The largest absolute Gasteiger partial charge is 0.422 e. The molecule has 1 heterocycles. The van der Waals surface area contributed by atoms with E-state index < -0.39 is 46.0 Å². The molecule has 1 unspecified atom stereocenters. The Hall–Kier alpha value is -3.45. The predicted octanol–water partition coefficient (Wildman–Crippen LogP) is 6.42. The minimum absolute atomic E-state index is 0.0794. The van der Waals surface area contributed by atoms with Crippen molar-refractivity contribution < 1.29 is 31.9 Å². The molecule has 1 aliphatic rings. The summed E-state index contributed by atoms with van der Waals surface area (Å²) in [4.78, 5) is 25.1. The normalized spacial score (nSPS) is 17.7. The Morgan fingerprint density at radius 3 is 2.31 bits per heavy atom. The van der Waals surface area contributed by atoms with Gasteiger partial charge in [0.2, 0.25) is 5.78 Å². The van der Waals surface area contributed by atoms with Crippen molar-refractivity contribution >= 4 is 29.4 Å². The molecule has 1 fully saturated rings. The number of halogens is 5. The number of alkyl halides is 3. The molecule has 8 heteroatoms. The molecule has 0 aromatic heterocycles. The molecule has 1 atom stereocenters. The first-order chi connectivity index (χ1) is 15.2. The second-order valence-electron chi connectivity index (χ2n) is 7.04. The van der Waals surface area contributed by atoms with E-state index in [0.29, 0.717) is 11.1 Å². The third kappa shape index (κ3) is 4.03. The van der Waals surface area contributed by atoms with Gasteiger partial charge in [-0.15, -0.1) is 0 Å². The van der Waals surface area contributed by atoms with Gasteiger partial charge in [-0.1, -0.05) is 66.2 Å². The van der Waals surface area contributed by atoms with Gasteiger partial charge in [0.15, 0.2) is 5.76 Å². The summed E-state index contributed by atoms with van der Waals surface area (Å²) in [6, 6.07) is 15.9. The number of cyclic esters (lactones) is 1. The molecule has 0 bridgehead atoms. The first kappa shape index (κ1) is 21.8. The molecule has 0 amide bonds. The Morgan fingerprint density at radius 2 is 1.66 bits per heavy atom. The van der Waals surface area contributed by atoms with Crippen molar-refractivity contribution in [3.8, 4) is 11.1 Å². The van der Waals surface area contributed by atoms with Crippen LogP contribution in [0.5, 0.6) is 0 Å². The summed E-state index contributed by atoms with van der Waals surface area (Å²) < 4.78 is 58.9. The zero-order valence-electron chi connectivity index (χ0n) is 16.1. The highest BCUT2D eigenvalue weighted by atomic mass is 35.5. The highest BCUT2D eigenvalue weighted by Crippen LogP contribution is 2.38. The fourth-order valence-electron chi connectivity index (χ4n) is 3.44. The van der Waals surface area contributed by atoms with E-state index in [4.69, 9.17) is 16.3 Å². The van der Waals surface area contributed by atoms with Crippen molar-refractivity contribution in [2.45, 2.75) is 12.1 Å². The maximum atomic E-state index is 14.7. The summed E-state index contributed by atoms with van der Waals surface area (Å²) in [6.07, 6.45) is -3.71. The van der Waals surface area contributed by atoms with E-state index in [1.165, 1.54) is 18.2 Å². The number of Topliss-reactive ketones (excluding diaryl/α,β-unsaturated/α-hetero) is 1. The van der Waals surface area contributed by atoms with Crippen LogP contribution >= 0.6 is 11.6 Å². The highest BCUT2D eigenvalue weighted by Gasteiger charge is 2.42. The van der Waals surface area contributed by atoms with Gasteiger partial charge >= 0.3 is 12.1 Å². The molecule has 3 nitrogen and oxygen atoms in total. The van der Waals surface area contributed by atoms with Crippen LogP contribution in [0.3, 0.4) is 0 Å². The predicted molar refractivity (Wildman–Crippen MR) is 110 cm³/mol. The quantitative estimate of drug-likeness (QED) is 0.196. The van der Waals surface area contributed by atoms with Crippen LogP contribution in [0.4, 0.5) is 17.6 Å². The molecular formula is C24H13ClF4O3. The third-order valence-electron chi connectivity index (χ3n) is 4.98. The molecule has 0 spiro atoms. The molecular weight excluding hydrogens is 448 g/mol. The topological polar surface area (TPSA) is 43.4 Å². The maximum Gasteiger partial charge on any atom is 0.417 e. The van der Waals surface area contributed by atoms with Gasteiger partial charge in [-0.3, -0.25) is 9.59 Å². The lowest BCUT2D eigenvalue weighted by Gasteiger charge is -2.10. The number of hydrogen-bond donors (Lipinski definition) is 0. The van der Waals surface area contributed by atoms with E-state index in [0.717, 1.165) is 24.3 Å². The maximum absolute atomic E-state index is 14.7. The second kappa shape index (κ2) is 8.24. The highest BCUT2D eigenvalue weighted by molar-refractivity contribution is 6.33. The van der Waals surface area contributed by atoms with Crippen molar-refractivity contribution in [1.82, 2.24) is 0 Å². The van der Waals surface area contributed by atoms with Crippen LogP contribution in [-0.2, 0) is 20.5 Å². The lowest BCUT2D eigenvalue weighted by Crippen LogP contribution is -2.13. The van der Waals surface area contributed by atoms with Crippen LogP contribution in [0.25, 0.3) is 17.2 Å². The molecule has 0 saturated carbocycles. The number of ether oxygens (including phenoxy) is 1. The van der Waals surface area contributed by atoms with Crippen LogP contribution in [0.2, 0.25) is 5.02 Å². The van der Waals surface area contributed by atoms with Crippen LogP contribution in [0.15, 0.2) is 72.5 Å². The average Bonchev–Trinajstić information content (AvgIpc) is 3.02. The Morgan fingerprint density at radius 1 is 0.938 bits per heavy atom. The number of ketones is 1. The number of allylic oxidation sites excluding steroid dienone is 1. The van der Waals surface area contributed by atoms with Crippen LogP contribution in [0, 0.1) is 5.82 Å². The second-order valence-corrected chi connectivity index (χ2v) is 7.42. The Bertz CT molecular complexity index is 1250. The molecule has 3 aromatic rings. The van der Waals surface area contributed by atoms with E-state index >= 15 is 0 Å². The molecule has 1 saturated heterocycles.